The lowest BCUT2D eigenvalue weighted by Gasteiger charge is -2.40. The summed E-state index contributed by atoms with van der Waals surface area (Å²) in [6.45, 7) is 1.37. The number of ether oxygens (including phenoxy) is 1. The van der Waals surface area contributed by atoms with Crippen LogP contribution in [-0.4, -0.2) is 24.2 Å². The van der Waals surface area contributed by atoms with Gasteiger partial charge in [-0.25, -0.2) is 0 Å². The lowest BCUT2D eigenvalue weighted by Crippen LogP contribution is -2.47. The van der Waals surface area contributed by atoms with Gasteiger partial charge in [-0.15, -0.1) is 0 Å². The van der Waals surface area contributed by atoms with Crippen molar-refractivity contribution in [1.82, 2.24) is 5.32 Å². The molecule has 1 aliphatic rings. The van der Waals surface area contributed by atoms with Gasteiger partial charge in [-0.2, -0.15) is 0 Å². The Morgan fingerprint density at radius 2 is 2.26 bits per heavy atom. The Bertz CT molecular complexity index is 469. The molecule has 0 saturated heterocycles. The Kier molecular flexibility index (Phi) is 4.54. The van der Waals surface area contributed by atoms with Crippen molar-refractivity contribution in [2.24, 2.45) is 0 Å². The zero-order chi connectivity index (χ0) is 13.9. The van der Waals surface area contributed by atoms with Crippen molar-refractivity contribution in [3.05, 3.63) is 38.3 Å². The number of rotatable bonds is 6. The molecule has 1 aliphatic carbocycles. The Labute approximate surface area is 120 Å². The smallest absolute Gasteiger partial charge is 0.283 e. The molecule has 0 aliphatic heterocycles. The van der Waals surface area contributed by atoms with Crippen molar-refractivity contribution in [3.63, 3.8) is 0 Å². The molecule has 0 spiro atoms. The van der Waals surface area contributed by atoms with Crippen LogP contribution in [0.1, 0.15) is 24.8 Å². The van der Waals surface area contributed by atoms with Gasteiger partial charge in [0.05, 0.1) is 15.0 Å². The van der Waals surface area contributed by atoms with E-state index in [1.807, 2.05) is 6.07 Å². The first kappa shape index (κ1) is 14.4. The number of methoxy groups -OCH3 is 1. The normalized spacial score (nSPS) is 16.9. The minimum atomic E-state index is -0.379. The second kappa shape index (κ2) is 5.98. The molecule has 1 saturated carbocycles. The number of nitro groups is 1. The zero-order valence-corrected chi connectivity index (χ0v) is 12.4. The Hall–Kier alpha value is -0.980. The number of nitrogens with one attached hydrogen (secondary N) is 1. The average Bonchev–Trinajstić information content (AvgIpc) is 2.34. The Morgan fingerprint density at radius 1 is 1.53 bits per heavy atom. The monoisotopic (exact) mass is 328 g/mol. The Morgan fingerprint density at radius 3 is 2.79 bits per heavy atom. The molecule has 19 heavy (non-hydrogen) atoms. The SMILES string of the molecule is COC1(CNCc2cccc([N+](=O)[O-])c2Br)CCC1. The maximum absolute atomic E-state index is 10.8. The molecule has 2 rings (SSSR count). The fourth-order valence-electron chi connectivity index (χ4n) is 2.29. The molecule has 0 heterocycles. The highest BCUT2D eigenvalue weighted by Gasteiger charge is 2.36. The maximum Gasteiger partial charge on any atom is 0.283 e. The van der Waals surface area contributed by atoms with Crippen molar-refractivity contribution in [2.75, 3.05) is 13.7 Å². The molecule has 1 aromatic rings. The van der Waals surface area contributed by atoms with Crippen LogP contribution in [0.15, 0.2) is 22.7 Å². The summed E-state index contributed by atoms with van der Waals surface area (Å²) < 4.78 is 6.07. The van der Waals surface area contributed by atoms with E-state index < -0.39 is 0 Å². The first-order valence-electron chi connectivity index (χ1n) is 6.26. The van der Waals surface area contributed by atoms with Gasteiger partial charge in [0, 0.05) is 26.3 Å². The summed E-state index contributed by atoms with van der Waals surface area (Å²) in [5, 5.41) is 14.2. The van der Waals surface area contributed by atoms with Gasteiger partial charge >= 0.3 is 0 Å². The summed E-state index contributed by atoms with van der Waals surface area (Å²) in [5.74, 6) is 0. The maximum atomic E-state index is 10.8. The van der Waals surface area contributed by atoms with Gasteiger partial charge in [-0.1, -0.05) is 12.1 Å². The third-order valence-electron chi connectivity index (χ3n) is 3.72. The van der Waals surface area contributed by atoms with Crippen LogP contribution >= 0.6 is 15.9 Å². The number of benzene rings is 1. The minimum absolute atomic E-state index is 0.0345. The zero-order valence-electron chi connectivity index (χ0n) is 10.8. The summed E-state index contributed by atoms with van der Waals surface area (Å²) in [4.78, 5) is 10.5. The van der Waals surface area contributed by atoms with Gasteiger partial charge in [-0.05, 0) is 40.8 Å². The van der Waals surface area contributed by atoms with E-state index in [1.54, 1.807) is 13.2 Å². The number of halogens is 1. The van der Waals surface area contributed by atoms with Crippen LogP contribution in [0.5, 0.6) is 0 Å². The third-order valence-corrected chi connectivity index (χ3v) is 4.63. The minimum Gasteiger partial charge on any atom is -0.377 e. The van der Waals surface area contributed by atoms with Crippen LogP contribution < -0.4 is 5.32 Å². The van der Waals surface area contributed by atoms with Crippen LogP contribution in [0, 0.1) is 10.1 Å². The molecule has 1 fully saturated rings. The van der Waals surface area contributed by atoms with E-state index in [-0.39, 0.29) is 16.2 Å². The van der Waals surface area contributed by atoms with Crippen LogP contribution in [0.25, 0.3) is 0 Å². The second-order valence-electron chi connectivity index (χ2n) is 4.85. The summed E-state index contributed by atoms with van der Waals surface area (Å²) in [5.41, 5.74) is 0.955. The fraction of sp³-hybridized carbons (Fsp3) is 0.538. The molecule has 0 unspecified atom stereocenters. The molecule has 0 atom stereocenters. The van der Waals surface area contributed by atoms with Crippen LogP contribution in [0.2, 0.25) is 0 Å². The molecule has 6 heteroatoms. The summed E-state index contributed by atoms with van der Waals surface area (Å²) in [6.07, 6.45) is 3.36. The first-order valence-corrected chi connectivity index (χ1v) is 7.05. The predicted octanol–water partition coefficient (Wildman–Crippen LogP) is 3.02. The lowest BCUT2D eigenvalue weighted by molar-refractivity contribution is -0.385. The van der Waals surface area contributed by atoms with Crippen LogP contribution in [0.4, 0.5) is 5.69 Å². The van der Waals surface area contributed by atoms with Gasteiger partial charge in [-0.3, -0.25) is 10.1 Å². The van der Waals surface area contributed by atoms with E-state index in [2.05, 4.69) is 21.2 Å². The van der Waals surface area contributed by atoms with E-state index in [0.29, 0.717) is 11.0 Å². The lowest BCUT2D eigenvalue weighted by atomic mass is 9.80. The molecule has 104 valence electrons. The second-order valence-corrected chi connectivity index (χ2v) is 5.64. The summed E-state index contributed by atoms with van der Waals surface area (Å²) in [7, 11) is 1.74. The topological polar surface area (TPSA) is 64.4 Å². The highest BCUT2D eigenvalue weighted by atomic mass is 79.9. The van der Waals surface area contributed by atoms with Gasteiger partial charge in [0.15, 0.2) is 0 Å². The number of hydrogen-bond donors (Lipinski definition) is 1. The quantitative estimate of drug-likeness (QED) is 0.644. The highest BCUT2D eigenvalue weighted by molar-refractivity contribution is 9.10. The van der Waals surface area contributed by atoms with Crippen molar-refractivity contribution >= 4 is 21.6 Å². The largest absolute Gasteiger partial charge is 0.377 e. The van der Waals surface area contributed by atoms with Gasteiger partial charge in [0.1, 0.15) is 0 Å². The van der Waals surface area contributed by atoms with E-state index in [9.17, 15) is 10.1 Å². The summed E-state index contributed by atoms with van der Waals surface area (Å²) >= 11 is 3.30. The first-order chi connectivity index (χ1) is 9.08. The number of nitro benzene ring substituents is 1. The number of nitrogens with zero attached hydrogens (tertiary/aromatic N) is 1. The molecule has 0 bridgehead atoms. The number of hydrogen-bond acceptors (Lipinski definition) is 4. The molecule has 0 aromatic heterocycles. The molecular weight excluding hydrogens is 312 g/mol. The van der Waals surface area contributed by atoms with E-state index in [4.69, 9.17) is 4.74 Å². The van der Waals surface area contributed by atoms with Crippen molar-refractivity contribution in [1.29, 1.82) is 0 Å². The summed E-state index contributed by atoms with van der Waals surface area (Å²) in [6, 6.07) is 5.08. The van der Waals surface area contributed by atoms with Crippen LogP contribution in [-0.2, 0) is 11.3 Å². The van der Waals surface area contributed by atoms with Gasteiger partial charge in [0.2, 0.25) is 0 Å². The fourth-order valence-corrected chi connectivity index (χ4v) is 2.84. The molecule has 0 amide bonds. The van der Waals surface area contributed by atoms with Crippen molar-refractivity contribution in [3.8, 4) is 0 Å². The molecular formula is C13H17BrN2O3. The predicted molar refractivity (Wildman–Crippen MR) is 76.1 cm³/mol. The molecule has 1 N–H and O–H groups in total. The third kappa shape index (κ3) is 3.13. The van der Waals surface area contributed by atoms with E-state index in [1.165, 1.54) is 12.5 Å². The van der Waals surface area contributed by atoms with Crippen LogP contribution in [0.3, 0.4) is 0 Å². The van der Waals surface area contributed by atoms with E-state index >= 15 is 0 Å². The molecule has 0 radical (unpaired) electrons. The van der Waals surface area contributed by atoms with E-state index in [0.717, 1.165) is 24.9 Å². The van der Waals surface area contributed by atoms with Crippen molar-refractivity contribution in [2.45, 2.75) is 31.4 Å². The molecule has 5 nitrogen and oxygen atoms in total. The van der Waals surface area contributed by atoms with Gasteiger partial charge in [0.25, 0.3) is 5.69 Å². The molecule has 1 aromatic carbocycles. The van der Waals surface area contributed by atoms with Gasteiger partial charge < -0.3 is 10.1 Å². The van der Waals surface area contributed by atoms with Crippen molar-refractivity contribution < 1.29 is 9.66 Å². The highest BCUT2D eigenvalue weighted by Crippen LogP contribution is 2.34. The Balaban J connectivity index is 1.96. The standard InChI is InChI=1S/C13H17BrN2O3/c1-19-13(6-3-7-13)9-15-8-10-4-2-5-11(12(10)14)16(17)18/h2,4-5,15H,3,6-9H2,1H3. The average molecular weight is 329 g/mol.